The summed E-state index contributed by atoms with van der Waals surface area (Å²) in [5.41, 5.74) is 3.09. The Morgan fingerprint density at radius 3 is 2.73 bits per heavy atom. The standard InChI is InChI=1S/C23H24BrN3O3/c1-4-16-13-19(28-11-5-10-24)7-8-20(16)22-26-23(30-27-22)17-6-9-21(29-15(2)3)18(12-17)14-25/h6-9,12-13,15H,4-5,10-11H2,1-3H3. The van der Waals surface area contributed by atoms with Crippen molar-refractivity contribution in [3.8, 4) is 40.4 Å². The molecule has 7 heteroatoms. The van der Waals surface area contributed by atoms with E-state index in [0.717, 1.165) is 35.0 Å². The minimum Gasteiger partial charge on any atom is -0.494 e. The highest BCUT2D eigenvalue weighted by Gasteiger charge is 2.16. The summed E-state index contributed by atoms with van der Waals surface area (Å²) in [6.45, 7) is 6.58. The monoisotopic (exact) mass is 469 g/mol. The summed E-state index contributed by atoms with van der Waals surface area (Å²) in [7, 11) is 0. The van der Waals surface area contributed by atoms with Crippen molar-refractivity contribution in [1.82, 2.24) is 10.1 Å². The number of nitrogens with zero attached hydrogens (tertiary/aromatic N) is 3. The summed E-state index contributed by atoms with van der Waals surface area (Å²) in [6.07, 6.45) is 1.74. The van der Waals surface area contributed by atoms with Gasteiger partial charge in [0.05, 0.1) is 18.3 Å². The molecule has 0 aliphatic carbocycles. The molecule has 0 fully saturated rings. The van der Waals surface area contributed by atoms with Crippen molar-refractivity contribution in [2.24, 2.45) is 0 Å². The third-order valence-corrected chi connectivity index (χ3v) is 4.94. The van der Waals surface area contributed by atoms with E-state index in [0.29, 0.717) is 35.2 Å². The lowest BCUT2D eigenvalue weighted by molar-refractivity contribution is 0.241. The molecule has 156 valence electrons. The summed E-state index contributed by atoms with van der Waals surface area (Å²) in [6, 6.07) is 13.3. The van der Waals surface area contributed by atoms with E-state index in [-0.39, 0.29) is 6.10 Å². The lowest BCUT2D eigenvalue weighted by Crippen LogP contribution is -2.06. The number of nitriles is 1. The Labute approximate surface area is 185 Å². The molecule has 1 heterocycles. The number of aryl methyl sites for hydroxylation is 1. The van der Waals surface area contributed by atoms with E-state index in [2.05, 4.69) is 39.1 Å². The van der Waals surface area contributed by atoms with Crippen molar-refractivity contribution in [3.05, 3.63) is 47.5 Å². The maximum absolute atomic E-state index is 9.45. The van der Waals surface area contributed by atoms with E-state index < -0.39 is 0 Å². The predicted octanol–water partition coefficient (Wildman–Crippen LogP) is 5.79. The van der Waals surface area contributed by atoms with Crippen molar-refractivity contribution >= 4 is 15.9 Å². The van der Waals surface area contributed by atoms with Crippen LogP contribution in [0, 0.1) is 11.3 Å². The molecule has 0 saturated carbocycles. The first-order valence-corrected chi connectivity index (χ1v) is 11.0. The fraction of sp³-hybridized carbons (Fsp3) is 0.348. The number of benzene rings is 2. The van der Waals surface area contributed by atoms with Gasteiger partial charge in [-0.1, -0.05) is 28.0 Å². The number of rotatable bonds is 9. The van der Waals surface area contributed by atoms with E-state index in [1.54, 1.807) is 12.1 Å². The second-order valence-electron chi connectivity index (χ2n) is 6.98. The van der Waals surface area contributed by atoms with Crippen LogP contribution in [-0.2, 0) is 6.42 Å². The first kappa shape index (κ1) is 21.8. The molecule has 30 heavy (non-hydrogen) atoms. The highest BCUT2D eigenvalue weighted by atomic mass is 79.9. The first-order valence-electron chi connectivity index (χ1n) is 9.92. The van der Waals surface area contributed by atoms with Crippen molar-refractivity contribution in [3.63, 3.8) is 0 Å². The first-order chi connectivity index (χ1) is 14.5. The van der Waals surface area contributed by atoms with Gasteiger partial charge in [-0.15, -0.1) is 0 Å². The number of hydrogen-bond acceptors (Lipinski definition) is 6. The normalized spacial score (nSPS) is 10.8. The highest BCUT2D eigenvalue weighted by molar-refractivity contribution is 9.09. The summed E-state index contributed by atoms with van der Waals surface area (Å²) >= 11 is 3.41. The summed E-state index contributed by atoms with van der Waals surface area (Å²) < 4.78 is 16.9. The molecule has 0 saturated heterocycles. The smallest absolute Gasteiger partial charge is 0.258 e. The van der Waals surface area contributed by atoms with Crippen LogP contribution in [0.15, 0.2) is 40.9 Å². The quantitative estimate of drug-likeness (QED) is 0.291. The molecule has 0 spiro atoms. The number of hydrogen-bond donors (Lipinski definition) is 0. The zero-order valence-electron chi connectivity index (χ0n) is 17.3. The van der Waals surface area contributed by atoms with Crippen LogP contribution in [-0.4, -0.2) is 28.2 Å². The van der Waals surface area contributed by atoms with Crippen LogP contribution < -0.4 is 9.47 Å². The lowest BCUT2D eigenvalue weighted by atomic mass is 10.0. The Morgan fingerprint density at radius 2 is 2.03 bits per heavy atom. The maximum Gasteiger partial charge on any atom is 0.258 e. The van der Waals surface area contributed by atoms with Crippen LogP contribution in [0.5, 0.6) is 11.5 Å². The van der Waals surface area contributed by atoms with Crippen LogP contribution in [0.4, 0.5) is 0 Å². The number of halogens is 1. The second-order valence-corrected chi connectivity index (χ2v) is 7.77. The Kier molecular flexibility index (Phi) is 7.47. The molecule has 0 atom stereocenters. The number of aromatic nitrogens is 2. The molecular weight excluding hydrogens is 446 g/mol. The largest absolute Gasteiger partial charge is 0.494 e. The molecule has 0 unspecified atom stereocenters. The Hall–Kier alpha value is -2.85. The van der Waals surface area contributed by atoms with Crippen LogP contribution >= 0.6 is 15.9 Å². The SMILES string of the molecule is CCc1cc(OCCCBr)ccc1-c1noc(-c2ccc(OC(C)C)c(C#N)c2)n1. The van der Waals surface area contributed by atoms with E-state index in [1.807, 2.05) is 38.1 Å². The van der Waals surface area contributed by atoms with E-state index in [1.165, 1.54) is 0 Å². The van der Waals surface area contributed by atoms with E-state index in [9.17, 15) is 5.26 Å². The molecule has 0 aliphatic rings. The van der Waals surface area contributed by atoms with Gasteiger partial charge in [-0.25, -0.2) is 0 Å². The van der Waals surface area contributed by atoms with Gasteiger partial charge < -0.3 is 14.0 Å². The highest BCUT2D eigenvalue weighted by Crippen LogP contribution is 2.30. The summed E-state index contributed by atoms with van der Waals surface area (Å²) in [5, 5.41) is 14.5. The third-order valence-electron chi connectivity index (χ3n) is 4.38. The summed E-state index contributed by atoms with van der Waals surface area (Å²) in [5.74, 6) is 2.24. The van der Waals surface area contributed by atoms with Gasteiger partial charge in [0, 0.05) is 16.5 Å². The molecule has 0 bridgehead atoms. The van der Waals surface area contributed by atoms with Crippen molar-refractivity contribution in [2.45, 2.75) is 39.7 Å². The predicted molar refractivity (Wildman–Crippen MR) is 119 cm³/mol. The van der Waals surface area contributed by atoms with Crippen LogP contribution in [0.1, 0.15) is 38.3 Å². The molecule has 0 aliphatic heterocycles. The third kappa shape index (κ3) is 5.19. The Bertz CT molecular complexity index is 1040. The van der Waals surface area contributed by atoms with Crippen molar-refractivity contribution in [1.29, 1.82) is 5.26 Å². The molecule has 0 radical (unpaired) electrons. The molecule has 0 amide bonds. The topological polar surface area (TPSA) is 81.2 Å². The minimum absolute atomic E-state index is 0.0168. The fourth-order valence-corrected chi connectivity index (χ4v) is 3.20. The second kappa shape index (κ2) is 10.3. The Morgan fingerprint density at radius 1 is 1.20 bits per heavy atom. The molecular formula is C23H24BrN3O3. The van der Waals surface area contributed by atoms with Crippen molar-refractivity contribution in [2.75, 3.05) is 11.9 Å². The maximum atomic E-state index is 9.45. The summed E-state index contributed by atoms with van der Waals surface area (Å²) in [4.78, 5) is 4.56. The fourth-order valence-electron chi connectivity index (χ4n) is 2.97. The van der Waals surface area contributed by atoms with Gasteiger partial charge in [-0.2, -0.15) is 10.2 Å². The van der Waals surface area contributed by atoms with Crippen LogP contribution in [0.2, 0.25) is 0 Å². The van der Waals surface area contributed by atoms with Gasteiger partial charge in [0.1, 0.15) is 17.6 Å². The molecule has 1 aromatic heterocycles. The van der Waals surface area contributed by atoms with Crippen LogP contribution in [0.3, 0.4) is 0 Å². The number of ether oxygens (including phenoxy) is 2. The zero-order chi connectivity index (χ0) is 21.5. The average Bonchev–Trinajstić information content (AvgIpc) is 3.23. The molecule has 3 rings (SSSR count). The van der Waals surface area contributed by atoms with Gasteiger partial charge in [0.15, 0.2) is 0 Å². The van der Waals surface area contributed by atoms with Gasteiger partial charge >= 0.3 is 0 Å². The number of alkyl halides is 1. The van der Waals surface area contributed by atoms with Gasteiger partial charge in [-0.05, 0) is 68.7 Å². The lowest BCUT2D eigenvalue weighted by Gasteiger charge is -2.11. The Balaban J connectivity index is 1.87. The van der Waals surface area contributed by atoms with E-state index in [4.69, 9.17) is 14.0 Å². The van der Waals surface area contributed by atoms with Gasteiger partial charge in [-0.3, -0.25) is 0 Å². The average molecular weight is 470 g/mol. The van der Waals surface area contributed by atoms with E-state index >= 15 is 0 Å². The molecule has 6 nitrogen and oxygen atoms in total. The molecule has 3 aromatic rings. The van der Waals surface area contributed by atoms with Crippen LogP contribution in [0.25, 0.3) is 22.8 Å². The van der Waals surface area contributed by atoms with Gasteiger partial charge in [0.2, 0.25) is 5.82 Å². The van der Waals surface area contributed by atoms with Crippen molar-refractivity contribution < 1.29 is 14.0 Å². The van der Waals surface area contributed by atoms with Gasteiger partial charge in [0.25, 0.3) is 5.89 Å². The molecule has 0 N–H and O–H groups in total. The minimum atomic E-state index is -0.0168. The molecule has 2 aromatic carbocycles. The zero-order valence-corrected chi connectivity index (χ0v) is 18.9.